The molecular formula is C14H22N2O. The molecule has 1 saturated heterocycles. The van der Waals surface area contributed by atoms with Gasteiger partial charge in [-0.2, -0.15) is 0 Å². The smallest absolute Gasteiger partial charge is 0.0558 e. The van der Waals surface area contributed by atoms with Gasteiger partial charge >= 0.3 is 0 Å². The second kappa shape index (κ2) is 5.52. The van der Waals surface area contributed by atoms with Crippen molar-refractivity contribution in [2.45, 2.75) is 25.9 Å². The van der Waals surface area contributed by atoms with Crippen LogP contribution in [0, 0.1) is 0 Å². The van der Waals surface area contributed by atoms with E-state index >= 15 is 0 Å². The summed E-state index contributed by atoms with van der Waals surface area (Å²) in [5.41, 5.74) is 1.30. The fourth-order valence-corrected chi connectivity index (χ4v) is 2.76. The van der Waals surface area contributed by atoms with E-state index in [4.69, 9.17) is 5.11 Å². The van der Waals surface area contributed by atoms with Crippen LogP contribution in [0.3, 0.4) is 0 Å². The molecule has 3 nitrogen and oxygen atoms in total. The molecule has 0 spiro atoms. The summed E-state index contributed by atoms with van der Waals surface area (Å²) < 4.78 is 0. The lowest BCUT2D eigenvalue weighted by atomic mass is 10.1. The predicted octanol–water partition coefficient (Wildman–Crippen LogP) is 1.58. The first-order valence-electron chi connectivity index (χ1n) is 6.39. The molecule has 0 saturated carbocycles. The third kappa shape index (κ3) is 2.79. The highest BCUT2D eigenvalue weighted by Crippen LogP contribution is 2.21. The maximum Gasteiger partial charge on any atom is 0.0558 e. The Balaban J connectivity index is 2.06. The SMILES string of the molecule is CC1CN(c2ccccc2)CC(C)N1CCO. The second-order valence-corrected chi connectivity index (χ2v) is 4.90. The molecule has 3 heteroatoms. The molecule has 2 unspecified atom stereocenters. The summed E-state index contributed by atoms with van der Waals surface area (Å²) in [6, 6.07) is 11.5. The van der Waals surface area contributed by atoms with Gasteiger partial charge in [0.2, 0.25) is 0 Å². The van der Waals surface area contributed by atoms with Gasteiger partial charge in [-0.15, -0.1) is 0 Å². The highest BCUT2D eigenvalue weighted by atomic mass is 16.3. The Kier molecular flexibility index (Phi) is 4.02. The van der Waals surface area contributed by atoms with Crippen LogP contribution in [0.5, 0.6) is 0 Å². The molecule has 17 heavy (non-hydrogen) atoms. The fraction of sp³-hybridized carbons (Fsp3) is 0.571. The van der Waals surface area contributed by atoms with E-state index in [-0.39, 0.29) is 6.61 Å². The molecule has 1 fully saturated rings. The number of para-hydroxylation sites is 1. The molecule has 1 heterocycles. The molecule has 0 bridgehead atoms. The normalized spacial score (nSPS) is 26.2. The molecule has 1 aromatic carbocycles. The summed E-state index contributed by atoms with van der Waals surface area (Å²) in [6.45, 7) is 7.58. The first kappa shape index (κ1) is 12.4. The monoisotopic (exact) mass is 234 g/mol. The third-order valence-electron chi connectivity index (χ3n) is 3.58. The van der Waals surface area contributed by atoms with Gasteiger partial charge in [-0.05, 0) is 26.0 Å². The number of hydrogen-bond donors (Lipinski definition) is 1. The number of hydrogen-bond acceptors (Lipinski definition) is 3. The van der Waals surface area contributed by atoms with Crippen LogP contribution in [0.4, 0.5) is 5.69 Å². The standard InChI is InChI=1S/C14H22N2O/c1-12-10-15(14-6-4-3-5-7-14)11-13(2)16(12)8-9-17/h3-7,12-13,17H,8-11H2,1-2H3. The van der Waals surface area contributed by atoms with Crippen LogP contribution in [0.25, 0.3) is 0 Å². The van der Waals surface area contributed by atoms with E-state index < -0.39 is 0 Å². The summed E-state index contributed by atoms with van der Waals surface area (Å²) in [6.07, 6.45) is 0. The van der Waals surface area contributed by atoms with Gasteiger partial charge in [0.15, 0.2) is 0 Å². The van der Waals surface area contributed by atoms with Crippen molar-refractivity contribution in [3.8, 4) is 0 Å². The van der Waals surface area contributed by atoms with Crippen molar-refractivity contribution in [2.24, 2.45) is 0 Å². The van der Waals surface area contributed by atoms with E-state index in [2.05, 4.69) is 54.0 Å². The summed E-state index contributed by atoms with van der Waals surface area (Å²) in [7, 11) is 0. The zero-order chi connectivity index (χ0) is 12.3. The summed E-state index contributed by atoms with van der Waals surface area (Å²) in [5.74, 6) is 0. The highest BCUT2D eigenvalue weighted by Gasteiger charge is 2.28. The predicted molar refractivity (Wildman–Crippen MR) is 71.4 cm³/mol. The van der Waals surface area contributed by atoms with Crippen LogP contribution in [0.1, 0.15) is 13.8 Å². The van der Waals surface area contributed by atoms with Crippen LogP contribution in [0.15, 0.2) is 30.3 Å². The average Bonchev–Trinajstić information content (AvgIpc) is 2.35. The minimum absolute atomic E-state index is 0.250. The first-order valence-corrected chi connectivity index (χ1v) is 6.39. The molecule has 0 aromatic heterocycles. The van der Waals surface area contributed by atoms with Crippen molar-refractivity contribution < 1.29 is 5.11 Å². The van der Waals surface area contributed by atoms with Gasteiger partial charge in [0, 0.05) is 37.4 Å². The van der Waals surface area contributed by atoms with Crippen LogP contribution >= 0.6 is 0 Å². The lowest BCUT2D eigenvalue weighted by Crippen LogP contribution is -2.57. The molecule has 2 atom stereocenters. The van der Waals surface area contributed by atoms with Gasteiger partial charge in [-0.25, -0.2) is 0 Å². The van der Waals surface area contributed by atoms with Crippen molar-refractivity contribution >= 4 is 5.69 Å². The van der Waals surface area contributed by atoms with E-state index in [0.717, 1.165) is 19.6 Å². The maximum atomic E-state index is 9.08. The molecule has 1 aromatic rings. The van der Waals surface area contributed by atoms with Crippen molar-refractivity contribution in [2.75, 3.05) is 31.1 Å². The molecule has 1 aliphatic heterocycles. The number of aliphatic hydroxyl groups is 1. The number of piperazine rings is 1. The number of benzene rings is 1. The van der Waals surface area contributed by atoms with E-state index in [1.54, 1.807) is 0 Å². The van der Waals surface area contributed by atoms with E-state index in [1.165, 1.54) is 5.69 Å². The Morgan fingerprint density at radius 2 is 1.71 bits per heavy atom. The first-order chi connectivity index (χ1) is 8.22. The van der Waals surface area contributed by atoms with Crippen molar-refractivity contribution in [3.63, 3.8) is 0 Å². The van der Waals surface area contributed by atoms with E-state index in [1.807, 2.05) is 0 Å². The Hall–Kier alpha value is -1.06. The Bertz CT molecular complexity index is 329. The van der Waals surface area contributed by atoms with Gasteiger partial charge in [0.1, 0.15) is 0 Å². The van der Waals surface area contributed by atoms with Gasteiger partial charge in [0.05, 0.1) is 6.61 Å². The fourth-order valence-electron chi connectivity index (χ4n) is 2.76. The van der Waals surface area contributed by atoms with Crippen LogP contribution in [0.2, 0.25) is 0 Å². The molecule has 94 valence electrons. The van der Waals surface area contributed by atoms with Crippen molar-refractivity contribution in [1.29, 1.82) is 0 Å². The molecule has 0 radical (unpaired) electrons. The quantitative estimate of drug-likeness (QED) is 0.860. The third-order valence-corrected chi connectivity index (χ3v) is 3.58. The van der Waals surface area contributed by atoms with Gasteiger partial charge in [-0.3, -0.25) is 4.90 Å². The van der Waals surface area contributed by atoms with Crippen LogP contribution in [-0.4, -0.2) is 48.3 Å². The Morgan fingerprint density at radius 3 is 2.24 bits per heavy atom. The lowest BCUT2D eigenvalue weighted by Gasteiger charge is -2.45. The molecule has 1 N–H and O–H groups in total. The minimum atomic E-state index is 0.250. The topological polar surface area (TPSA) is 26.7 Å². The maximum absolute atomic E-state index is 9.08. The number of nitrogens with zero attached hydrogens (tertiary/aromatic N) is 2. The van der Waals surface area contributed by atoms with E-state index in [9.17, 15) is 0 Å². The van der Waals surface area contributed by atoms with Crippen LogP contribution in [-0.2, 0) is 0 Å². The lowest BCUT2D eigenvalue weighted by molar-refractivity contribution is 0.103. The summed E-state index contributed by atoms with van der Waals surface area (Å²) in [5, 5.41) is 9.08. The molecule has 0 aliphatic carbocycles. The number of aliphatic hydroxyl groups excluding tert-OH is 1. The van der Waals surface area contributed by atoms with Crippen LogP contribution < -0.4 is 4.90 Å². The Labute approximate surface area is 104 Å². The van der Waals surface area contributed by atoms with Gasteiger partial charge in [0.25, 0.3) is 0 Å². The van der Waals surface area contributed by atoms with Gasteiger partial charge in [-0.1, -0.05) is 18.2 Å². The highest BCUT2D eigenvalue weighted by molar-refractivity contribution is 5.46. The minimum Gasteiger partial charge on any atom is -0.395 e. The largest absolute Gasteiger partial charge is 0.395 e. The zero-order valence-electron chi connectivity index (χ0n) is 10.7. The number of rotatable bonds is 3. The van der Waals surface area contributed by atoms with Crippen molar-refractivity contribution in [3.05, 3.63) is 30.3 Å². The van der Waals surface area contributed by atoms with Crippen molar-refractivity contribution in [1.82, 2.24) is 4.90 Å². The molecule has 2 rings (SSSR count). The number of β-amino-alcohol motifs (C(OH)–C–C–N with tert-alkyl or cyclic N) is 1. The molecule has 0 amide bonds. The molecule has 1 aliphatic rings. The second-order valence-electron chi connectivity index (χ2n) is 4.90. The average molecular weight is 234 g/mol. The van der Waals surface area contributed by atoms with Gasteiger partial charge < -0.3 is 10.0 Å². The summed E-state index contributed by atoms with van der Waals surface area (Å²) >= 11 is 0. The zero-order valence-corrected chi connectivity index (χ0v) is 10.7. The number of anilines is 1. The summed E-state index contributed by atoms with van der Waals surface area (Å²) in [4.78, 5) is 4.82. The molecular weight excluding hydrogens is 212 g/mol. The van der Waals surface area contributed by atoms with E-state index in [0.29, 0.717) is 12.1 Å². The Morgan fingerprint density at radius 1 is 1.12 bits per heavy atom.